The smallest absolute Gasteiger partial charge is 0.416 e. The molecule has 0 unspecified atom stereocenters. The molecular formula is C20H14F3N3O2S. The molecule has 29 heavy (non-hydrogen) atoms. The van der Waals surface area contributed by atoms with E-state index >= 15 is 0 Å². The molecule has 2 aromatic carbocycles. The number of hydrogen-bond acceptors (Lipinski definition) is 4. The lowest BCUT2D eigenvalue weighted by Crippen LogP contribution is -2.10. The number of alkyl halides is 3. The van der Waals surface area contributed by atoms with E-state index in [2.05, 4.69) is 15.3 Å². The Kier molecular flexibility index (Phi) is 4.98. The lowest BCUT2D eigenvalue weighted by atomic mass is 10.1. The molecule has 0 radical (unpaired) electrons. The third kappa shape index (κ3) is 4.24. The average Bonchev–Trinajstić information content (AvgIpc) is 3.36. The minimum atomic E-state index is -4.36. The number of halogens is 3. The Labute approximate surface area is 167 Å². The number of nitrogens with zero attached hydrogens (tertiary/aromatic N) is 1. The van der Waals surface area contributed by atoms with Gasteiger partial charge in [0.25, 0.3) is 5.91 Å². The van der Waals surface area contributed by atoms with Gasteiger partial charge >= 0.3 is 6.18 Å². The summed E-state index contributed by atoms with van der Waals surface area (Å²) in [5.74, 6) is 0.221. The molecule has 9 heteroatoms. The molecule has 0 aliphatic heterocycles. The monoisotopic (exact) mass is 417 g/mol. The Hall–Kier alpha value is -3.33. The van der Waals surface area contributed by atoms with Crippen molar-refractivity contribution in [2.45, 2.75) is 12.8 Å². The topological polar surface area (TPSA) is 67.0 Å². The van der Waals surface area contributed by atoms with E-state index in [4.69, 9.17) is 4.74 Å². The normalized spacial score (nSPS) is 11.6. The third-order valence-electron chi connectivity index (χ3n) is 4.21. The summed E-state index contributed by atoms with van der Waals surface area (Å²) >= 11 is 1.24. The Balaban J connectivity index is 1.48. The number of nitrogens with one attached hydrogen (secondary N) is 2. The van der Waals surface area contributed by atoms with E-state index in [9.17, 15) is 18.0 Å². The molecule has 148 valence electrons. The molecule has 0 atom stereocenters. The second-order valence-electron chi connectivity index (χ2n) is 6.18. The number of H-pyrrole nitrogens is 1. The summed E-state index contributed by atoms with van der Waals surface area (Å²) in [5.41, 5.74) is 1.31. The summed E-state index contributed by atoms with van der Waals surface area (Å²) in [6, 6.07) is 10.1. The molecule has 5 nitrogen and oxygen atoms in total. The van der Waals surface area contributed by atoms with Gasteiger partial charge in [0.2, 0.25) is 0 Å². The maximum Gasteiger partial charge on any atom is 0.416 e. The molecule has 0 fully saturated rings. The molecule has 2 N–H and O–H groups in total. The zero-order valence-corrected chi connectivity index (χ0v) is 15.6. The fourth-order valence-electron chi connectivity index (χ4n) is 2.76. The van der Waals surface area contributed by atoms with Crippen molar-refractivity contribution in [2.24, 2.45) is 0 Å². The molecule has 2 heterocycles. The standard InChI is InChI=1S/C20H14F3N3O2S/c21-20(22,23)13-3-1-12(2-4-13)11-28-14-5-6-16-15(9-14)17(10-25-16)26-18(27)19-24-7-8-29-19/h1-10,25H,11H2,(H,26,27). The van der Waals surface area contributed by atoms with Crippen LogP contribution >= 0.6 is 11.3 Å². The highest BCUT2D eigenvalue weighted by Gasteiger charge is 2.29. The average molecular weight is 417 g/mol. The summed E-state index contributed by atoms with van der Waals surface area (Å²) in [6.45, 7) is 0.120. The molecule has 0 aliphatic carbocycles. The second-order valence-corrected chi connectivity index (χ2v) is 7.08. The predicted molar refractivity (Wildman–Crippen MR) is 104 cm³/mol. The van der Waals surface area contributed by atoms with Crippen LogP contribution in [0.25, 0.3) is 10.9 Å². The van der Waals surface area contributed by atoms with Gasteiger partial charge in [0.15, 0.2) is 5.01 Å². The zero-order chi connectivity index (χ0) is 20.4. The first kappa shape index (κ1) is 19.0. The number of aromatic nitrogens is 2. The van der Waals surface area contributed by atoms with E-state index in [1.54, 1.807) is 36.0 Å². The number of carbonyl (C=O) groups is 1. The fraction of sp³-hybridized carbons (Fsp3) is 0.100. The first-order valence-corrected chi connectivity index (χ1v) is 9.39. The largest absolute Gasteiger partial charge is 0.489 e. The molecule has 0 bridgehead atoms. The maximum absolute atomic E-state index is 12.6. The van der Waals surface area contributed by atoms with Crippen molar-refractivity contribution in [3.05, 3.63) is 76.4 Å². The van der Waals surface area contributed by atoms with E-state index in [1.807, 2.05) is 0 Å². The van der Waals surface area contributed by atoms with E-state index < -0.39 is 11.7 Å². The van der Waals surface area contributed by atoms with Crippen molar-refractivity contribution >= 4 is 33.8 Å². The first-order valence-electron chi connectivity index (χ1n) is 8.51. The van der Waals surface area contributed by atoms with Gasteiger partial charge in [0.1, 0.15) is 12.4 Å². The predicted octanol–water partition coefficient (Wildman–Crippen LogP) is 5.47. The van der Waals surface area contributed by atoms with Crippen LogP contribution in [0.3, 0.4) is 0 Å². The van der Waals surface area contributed by atoms with Gasteiger partial charge in [-0.15, -0.1) is 11.3 Å². The van der Waals surface area contributed by atoms with Crippen LogP contribution in [0.1, 0.15) is 20.9 Å². The van der Waals surface area contributed by atoms with Crippen LogP contribution in [0.5, 0.6) is 5.75 Å². The van der Waals surface area contributed by atoms with Crippen molar-refractivity contribution in [1.29, 1.82) is 0 Å². The molecular weight excluding hydrogens is 403 g/mol. The molecule has 4 rings (SSSR count). The quantitative estimate of drug-likeness (QED) is 0.452. The Morgan fingerprint density at radius 3 is 2.66 bits per heavy atom. The molecule has 2 aromatic heterocycles. The number of rotatable bonds is 5. The van der Waals surface area contributed by atoms with Gasteiger partial charge in [-0.2, -0.15) is 13.2 Å². The SMILES string of the molecule is O=C(Nc1c[nH]c2ccc(OCc3ccc(C(F)(F)F)cc3)cc12)c1nccs1. The van der Waals surface area contributed by atoms with Crippen LogP contribution in [0.15, 0.2) is 60.2 Å². The van der Waals surface area contributed by atoms with Gasteiger partial charge in [-0.3, -0.25) is 4.79 Å². The van der Waals surface area contributed by atoms with Crippen LogP contribution in [0.2, 0.25) is 0 Å². The molecule has 0 aliphatic rings. The van der Waals surface area contributed by atoms with Crippen LogP contribution < -0.4 is 10.1 Å². The van der Waals surface area contributed by atoms with Crippen LogP contribution in [-0.2, 0) is 12.8 Å². The van der Waals surface area contributed by atoms with Crippen molar-refractivity contribution in [3.63, 3.8) is 0 Å². The highest BCUT2D eigenvalue weighted by atomic mass is 32.1. The van der Waals surface area contributed by atoms with Gasteiger partial charge in [-0.1, -0.05) is 12.1 Å². The number of thiazole rings is 1. The zero-order valence-electron chi connectivity index (χ0n) is 14.8. The van der Waals surface area contributed by atoms with E-state index in [1.165, 1.54) is 23.5 Å². The van der Waals surface area contributed by atoms with Gasteiger partial charge in [0, 0.05) is 28.7 Å². The lowest BCUT2D eigenvalue weighted by Gasteiger charge is -2.09. The Morgan fingerprint density at radius 2 is 1.97 bits per heavy atom. The molecule has 4 aromatic rings. The Bertz CT molecular complexity index is 1140. The summed E-state index contributed by atoms with van der Waals surface area (Å²) in [7, 11) is 0. The number of aromatic amines is 1. The minimum Gasteiger partial charge on any atom is -0.489 e. The summed E-state index contributed by atoms with van der Waals surface area (Å²) in [6.07, 6.45) is -1.13. The van der Waals surface area contributed by atoms with Gasteiger partial charge in [-0.05, 0) is 35.9 Å². The maximum atomic E-state index is 12.6. The number of carbonyl (C=O) groups excluding carboxylic acids is 1. The molecule has 0 spiro atoms. The van der Waals surface area contributed by atoms with Crippen LogP contribution in [0.4, 0.5) is 18.9 Å². The van der Waals surface area contributed by atoms with E-state index in [-0.39, 0.29) is 12.5 Å². The number of ether oxygens (including phenoxy) is 1. The van der Waals surface area contributed by atoms with E-state index in [0.717, 1.165) is 23.0 Å². The van der Waals surface area contributed by atoms with Crippen LogP contribution in [0, 0.1) is 0 Å². The minimum absolute atomic E-state index is 0.120. The van der Waals surface area contributed by atoms with Gasteiger partial charge in [0.05, 0.1) is 11.3 Å². The fourth-order valence-corrected chi connectivity index (χ4v) is 3.29. The van der Waals surface area contributed by atoms with Gasteiger partial charge in [-0.25, -0.2) is 4.98 Å². The first-order chi connectivity index (χ1) is 13.9. The lowest BCUT2D eigenvalue weighted by molar-refractivity contribution is -0.137. The van der Waals surface area contributed by atoms with Crippen LogP contribution in [-0.4, -0.2) is 15.9 Å². The number of hydrogen-bond donors (Lipinski definition) is 2. The van der Waals surface area contributed by atoms with E-state index in [0.29, 0.717) is 22.0 Å². The van der Waals surface area contributed by atoms with Crippen molar-refractivity contribution in [1.82, 2.24) is 9.97 Å². The molecule has 1 amide bonds. The highest BCUT2D eigenvalue weighted by molar-refractivity contribution is 7.11. The third-order valence-corrected chi connectivity index (χ3v) is 4.99. The molecule has 0 saturated heterocycles. The summed E-state index contributed by atoms with van der Waals surface area (Å²) in [4.78, 5) is 19.3. The number of amides is 1. The Morgan fingerprint density at radius 1 is 1.17 bits per heavy atom. The molecule has 0 saturated carbocycles. The van der Waals surface area contributed by atoms with Crippen molar-refractivity contribution in [2.75, 3.05) is 5.32 Å². The highest BCUT2D eigenvalue weighted by Crippen LogP contribution is 2.30. The van der Waals surface area contributed by atoms with Crippen molar-refractivity contribution in [3.8, 4) is 5.75 Å². The summed E-state index contributed by atoms with van der Waals surface area (Å²) < 4.78 is 43.6. The number of anilines is 1. The number of benzene rings is 2. The number of fused-ring (bicyclic) bond motifs is 1. The summed E-state index contributed by atoms with van der Waals surface area (Å²) in [5, 5.41) is 5.63. The van der Waals surface area contributed by atoms with Gasteiger partial charge < -0.3 is 15.0 Å². The second kappa shape index (κ2) is 7.59. The van der Waals surface area contributed by atoms with Crippen molar-refractivity contribution < 1.29 is 22.7 Å².